The first-order chi connectivity index (χ1) is 10.1. The zero-order valence-electron chi connectivity index (χ0n) is 11.5. The van der Waals surface area contributed by atoms with Gasteiger partial charge in [-0.05, 0) is 25.2 Å². The highest BCUT2D eigenvalue weighted by molar-refractivity contribution is 7.99. The van der Waals surface area contributed by atoms with E-state index in [1.807, 2.05) is 18.8 Å². The van der Waals surface area contributed by atoms with Crippen LogP contribution in [0.2, 0.25) is 0 Å². The van der Waals surface area contributed by atoms with Gasteiger partial charge in [-0.3, -0.25) is 4.90 Å². The second kappa shape index (κ2) is 5.87. The minimum atomic E-state index is -0.972. The average molecular weight is 305 g/mol. The number of carboxylic acid groups (broad SMARTS) is 1. The Morgan fingerprint density at radius 1 is 1.52 bits per heavy atom. The molecule has 1 unspecified atom stereocenters. The van der Waals surface area contributed by atoms with Crippen molar-refractivity contribution in [1.29, 1.82) is 0 Å². The monoisotopic (exact) mass is 305 g/mol. The lowest BCUT2D eigenvalue weighted by Crippen LogP contribution is -2.33. The summed E-state index contributed by atoms with van der Waals surface area (Å²) < 4.78 is 5.30. The molecular weight excluding hydrogens is 290 g/mol. The van der Waals surface area contributed by atoms with Crippen molar-refractivity contribution in [3.8, 4) is 11.5 Å². The molecule has 2 aromatic rings. The van der Waals surface area contributed by atoms with Gasteiger partial charge in [0.15, 0.2) is 5.82 Å². The average Bonchev–Trinajstić information content (AvgIpc) is 2.97. The smallest absolute Gasteiger partial charge is 0.335 e. The summed E-state index contributed by atoms with van der Waals surface area (Å²) in [6, 6.07) is 6.66. The van der Waals surface area contributed by atoms with Gasteiger partial charge in [0.2, 0.25) is 0 Å². The standard InChI is InChI=1S/C14H15N3O3S/c1-17-5-6-21-8-11(17)12-15-13(20-16-12)9-3-2-4-10(7-9)14(18)19/h2-4,7,11H,5-6,8H2,1H3,(H,18,19). The number of carboxylic acids is 1. The summed E-state index contributed by atoms with van der Waals surface area (Å²) in [6.45, 7) is 0.994. The van der Waals surface area contributed by atoms with Gasteiger partial charge in [-0.1, -0.05) is 11.2 Å². The van der Waals surface area contributed by atoms with Gasteiger partial charge in [-0.15, -0.1) is 0 Å². The molecule has 0 amide bonds. The van der Waals surface area contributed by atoms with Gasteiger partial charge in [0, 0.05) is 23.6 Å². The zero-order valence-corrected chi connectivity index (χ0v) is 12.3. The first kappa shape index (κ1) is 14.1. The predicted octanol–water partition coefficient (Wildman–Crippen LogP) is 2.15. The van der Waals surface area contributed by atoms with E-state index in [9.17, 15) is 4.79 Å². The van der Waals surface area contributed by atoms with Gasteiger partial charge in [0.05, 0.1) is 11.6 Å². The van der Waals surface area contributed by atoms with Crippen molar-refractivity contribution < 1.29 is 14.4 Å². The van der Waals surface area contributed by atoms with E-state index in [4.69, 9.17) is 9.63 Å². The third kappa shape index (κ3) is 2.93. The molecule has 1 aliphatic rings. The van der Waals surface area contributed by atoms with Gasteiger partial charge in [0.25, 0.3) is 5.89 Å². The Morgan fingerprint density at radius 2 is 2.38 bits per heavy atom. The maximum Gasteiger partial charge on any atom is 0.335 e. The number of thioether (sulfide) groups is 1. The summed E-state index contributed by atoms with van der Waals surface area (Å²) in [6.07, 6.45) is 0. The number of benzene rings is 1. The highest BCUT2D eigenvalue weighted by Gasteiger charge is 2.26. The van der Waals surface area contributed by atoms with E-state index < -0.39 is 5.97 Å². The molecule has 0 saturated carbocycles. The van der Waals surface area contributed by atoms with Gasteiger partial charge in [0.1, 0.15) is 0 Å². The van der Waals surface area contributed by atoms with Crippen LogP contribution in [0.1, 0.15) is 22.2 Å². The molecule has 1 aromatic heterocycles. The number of rotatable bonds is 3. The molecule has 21 heavy (non-hydrogen) atoms. The van der Waals surface area contributed by atoms with Crippen LogP contribution in [-0.4, -0.2) is 51.2 Å². The molecule has 110 valence electrons. The van der Waals surface area contributed by atoms with Crippen molar-refractivity contribution in [2.75, 3.05) is 25.1 Å². The van der Waals surface area contributed by atoms with Crippen molar-refractivity contribution >= 4 is 17.7 Å². The summed E-state index contributed by atoms with van der Waals surface area (Å²) in [4.78, 5) is 17.6. The molecule has 1 N–H and O–H groups in total. The molecule has 1 saturated heterocycles. The van der Waals surface area contributed by atoms with E-state index in [1.54, 1.807) is 18.2 Å². The number of hydrogen-bond donors (Lipinski definition) is 1. The van der Waals surface area contributed by atoms with Crippen LogP contribution >= 0.6 is 11.8 Å². The number of aromatic nitrogens is 2. The summed E-state index contributed by atoms with van der Waals surface area (Å²) >= 11 is 1.87. The lowest BCUT2D eigenvalue weighted by molar-refractivity contribution is 0.0697. The number of nitrogens with zero attached hydrogens (tertiary/aromatic N) is 3. The van der Waals surface area contributed by atoms with Crippen molar-refractivity contribution in [2.45, 2.75) is 6.04 Å². The second-order valence-electron chi connectivity index (χ2n) is 4.92. The molecule has 0 radical (unpaired) electrons. The highest BCUT2D eigenvalue weighted by atomic mass is 32.2. The van der Waals surface area contributed by atoms with Crippen LogP contribution in [0.25, 0.3) is 11.5 Å². The Labute approximate surface area is 126 Å². The summed E-state index contributed by atoms with van der Waals surface area (Å²) in [5.41, 5.74) is 0.831. The van der Waals surface area contributed by atoms with E-state index in [0.29, 0.717) is 17.3 Å². The maximum absolute atomic E-state index is 11.0. The third-order valence-corrected chi connectivity index (χ3v) is 4.52. The number of hydrogen-bond acceptors (Lipinski definition) is 6. The zero-order chi connectivity index (χ0) is 14.8. The lowest BCUT2D eigenvalue weighted by Gasteiger charge is -2.29. The molecule has 0 bridgehead atoms. The number of carbonyl (C=O) groups is 1. The van der Waals surface area contributed by atoms with Gasteiger partial charge < -0.3 is 9.63 Å². The Hall–Kier alpha value is -1.86. The first-order valence-corrected chi connectivity index (χ1v) is 7.76. The van der Waals surface area contributed by atoms with E-state index >= 15 is 0 Å². The van der Waals surface area contributed by atoms with E-state index in [2.05, 4.69) is 15.0 Å². The molecule has 7 heteroatoms. The molecule has 0 aliphatic carbocycles. The SMILES string of the molecule is CN1CCSCC1c1noc(-c2cccc(C(=O)O)c2)n1. The van der Waals surface area contributed by atoms with Crippen LogP contribution in [0.3, 0.4) is 0 Å². The first-order valence-electron chi connectivity index (χ1n) is 6.60. The van der Waals surface area contributed by atoms with Crippen LogP contribution in [0.15, 0.2) is 28.8 Å². The molecule has 1 aliphatic heterocycles. The molecule has 2 heterocycles. The van der Waals surface area contributed by atoms with Crippen molar-refractivity contribution in [2.24, 2.45) is 0 Å². The van der Waals surface area contributed by atoms with Gasteiger partial charge >= 0.3 is 5.97 Å². The minimum Gasteiger partial charge on any atom is -0.478 e. The summed E-state index contributed by atoms with van der Waals surface area (Å²) in [5.74, 6) is 2.08. The molecule has 1 fully saturated rings. The summed E-state index contributed by atoms with van der Waals surface area (Å²) in [5, 5.41) is 13.1. The van der Waals surface area contributed by atoms with E-state index in [0.717, 1.165) is 18.1 Å². The fourth-order valence-electron chi connectivity index (χ4n) is 2.23. The largest absolute Gasteiger partial charge is 0.478 e. The van der Waals surface area contributed by atoms with Crippen LogP contribution in [0.5, 0.6) is 0 Å². The molecule has 3 rings (SSSR count). The van der Waals surface area contributed by atoms with Gasteiger partial charge in [-0.2, -0.15) is 16.7 Å². The normalized spacial score (nSPS) is 19.6. The van der Waals surface area contributed by atoms with Crippen molar-refractivity contribution in [3.63, 3.8) is 0 Å². The quantitative estimate of drug-likeness (QED) is 0.930. The Bertz CT molecular complexity index is 658. The van der Waals surface area contributed by atoms with Crippen LogP contribution < -0.4 is 0 Å². The fourth-order valence-corrected chi connectivity index (χ4v) is 3.44. The van der Waals surface area contributed by atoms with Gasteiger partial charge in [-0.25, -0.2) is 4.79 Å². The van der Waals surface area contributed by atoms with E-state index in [1.165, 1.54) is 6.07 Å². The number of aromatic carboxylic acids is 1. The topological polar surface area (TPSA) is 79.5 Å². The molecular formula is C14H15N3O3S. The predicted molar refractivity (Wildman–Crippen MR) is 79.4 cm³/mol. The lowest BCUT2D eigenvalue weighted by atomic mass is 10.1. The Balaban J connectivity index is 1.87. The molecule has 6 nitrogen and oxygen atoms in total. The van der Waals surface area contributed by atoms with Crippen LogP contribution in [0, 0.1) is 0 Å². The Kier molecular flexibility index (Phi) is 3.94. The fraction of sp³-hybridized carbons (Fsp3) is 0.357. The Morgan fingerprint density at radius 3 is 3.14 bits per heavy atom. The second-order valence-corrected chi connectivity index (χ2v) is 6.06. The van der Waals surface area contributed by atoms with Crippen molar-refractivity contribution in [1.82, 2.24) is 15.0 Å². The third-order valence-electron chi connectivity index (χ3n) is 3.49. The minimum absolute atomic E-state index is 0.143. The molecule has 1 atom stereocenters. The van der Waals surface area contributed by atoms with Crippen LogP contribution in [-0.2, 0) is 0 Å². The van der Waals surface area contributed by atoms with Crippen molar-refractivity contribution in [3.05, 3.63) is 35.7 Å². The molecule has 1 aromatic carbocycles. The maximum atomic E-state index is 11.0. The van der Waals surface area contributed by atoms with Crippen LogP contribution in [0.4, 0.5) is 0 Å². The van der Waals surface area contributed by atoms with E-state index in [-0.39, 0.29) is 11.6 Å². The molecule has 0 spiro atoms. The summed E-state index contributed by atoms with van der Waals surface area (Å²) in [7, 11) is 2.05. The highest BCUT2D eigenvalue weighted by Crippen LogP contribution is 2.28.